The Balaban J connectivity index is 3.20. The molecule has 0 bridgehead atoms. The fourth-order valence-corrected chi connectivity index (χ4v) is 1.15. The molecular weight excluding hydrogens is 153 g/mol. The Hall–Kier alpha value is -1.36. The van der Waals surface area contributed by atoms with Gasteiger partial charge in [0, 0.05) is 0 Å². The van der Waals surface area contributed by atoms with E-state index in [2.05, 4.69) is 0 Å². The van der Waals surface area contributed by atoms with Gasteiger partial charge in [0.25, 0.3) is 0 Å². The summed E-state index contributed by atoms with van der Waals surface area (Å²) in [5.74, 6) is -0.261. The summed E-state index contributed by atoms with van der Waals surface area (Å²) in [5, 5.41) is 8.45. The normalized spacial score (nSPS) is 9.50. The first kappa shape index (κ1) is 8.73. The highest BCUT2D eigenvalue weighted by Crippen LogP contribution is 2.15. The van der Waals surface area contributed by atoms with Crippen molar-refractivity contribution in [2.24, 2.45) is 0 Å². The molecule has 12 heavy (non-hydrogen) atoms. The highest BCUT2D eigenvalue weighted by atomic mass is 19.1. The lowest BCUT2D eigenvalue weighted by Gasteiger charge is -2.04. The summed E-state index contributed by atoms with van der Waals surface area (Å²) in [6.07, 6.45) is 0.282. The monoisotopic (exact) mass is 163 g/mol. The highest BCUT2D eigenvalue weighted by Gasteiger charge is 2.03. The minimum absolute atomic E-state index is 0.261. The fourth-order valence-electron chi connectivity index (χ4n) is 1.15. The van der Waals surface area contributed by atoms with Gasteiger partial charge in [0.15, 0.2) is 0 Å². The van der Waals surface area contributed by atoms with Crippen LogP contribution in [0.5, 0.6) is 0 Å². The van der Waals surface area contributed by atoms with Gasteiger partial charge in [-0.1, -0.05) is 0 Å². The van der Waals surface area contributed by atoms with Crippen molar-refractivity contribution in [1.82, 2.24) is 0 Å². The predicted molar refractivity (Wildman–Crippen MR) is 45.2 cm³/mol. The number of hydrogen-bond donors (Lipinski definition) is 0. The Kier molecular flexibility index (Phi) is 2.44. The fraction of sp³-hybridized carbons (Fsp3) is 0.300. The van der Waals surface area contributed by atoms with Crippen LogP contribution in [0.15, 0.2) is 12.1 Å². The van der Waals surface area contributed by atoms with Crippen LogP contribution in [0.4, 0.5) is 4.39 Å². The van der Waals surface area contributed by atoms with Gasteiger partial charge in [-0.3, -0.25) is 0 Å². The molecule has 0 aliphatic rings. The van der Waals surface area contributed by atoms with Gasteiger partial charge in [-0.2, -0.15) is 5.26 Å². The minimum atomic E-state index is -0.261. The molecule has 2 heteroatoms. The van der Waals surface area contributed by atoms with E-state index in [0.717, 1.165) is 16.7 Å². The number of nitriles is 1. The molecule has 0 aliphatic carbocycles. The maximum Gasteiger partial charge on any atom is 0.123 e. The second-order valence-electron chi connectivity index (χ2n) is 2.84. The third-order valence-corrected chi connectivity index (χ3v) is 2.01. The van der Waals surface area contributed by atoms with Crippen molar-refractivity contribution in [1.29, 1.82) is 5.26 Å². The zero-order chi connectivity index (χ0) is 9.14. The third-order valence-electron chi connectivity index (χ3n) is 2.01. The second kappa shape index (κ2) is 3.36. The first-order valence-electron chi connectivity index (χ1n) is 3.77. The SMILES string of the molecule is Cc1cc(F)cc(CC#N)c1C. The molecule has 1 aromatic carbocycles. The van der Waals surface area contributed by atoms with Gasteiger partial charge in [-0.25, -0.2) is 4.39 Å². The molecule has 0 aliphatic heterocycles. The van der Waals surface area contributed by atoms with Gasteiger partial charge < -0.3 is 0 Å². The van der Waals surface area contributed by atoms with E-state index in [-0.39, 0.29) is 12.2 Å². The molecule has 0 saturated carbocycles. The molecule has 0 atom stereocenters. The molecule has 62 valence electrons. The Morgan fingerprint density at radius 1 is 1.42 bits per heavy atom. The topological polar surface area (TPSA) is 23.8 Å². The van der Waals surface area contributed by atoms with Gasteiger partial charge in [0.2, 0.25) is 0 Å². The van der Waals surface area contributed by atoms with E-state index >= 15 is 0 Å². The lowest BCUT2D eigenvalue weighted by molar-refractivity contribution is 0.624. The zero-order valence-electron chi connectivity index (χ0n) is 7.19. The first-order chi connectivity index (χ1) is 5.65. The minimum Gasteiger partial charge on any atom is -0.207 e. The molecule has 1 aromatic rings. The van der Waals surface area contributed by atoms with E-state index in [1.54, 1.807) is 0 Å². The second-order valence-corrected chi connectivity index (χ2v) is 2.84. The van der Waals surface area contributed by atoms with E-state index in [9.17, 15) is 4.39 Å². The van der Waals surface area contributed by atoms with Gasteiger partial charge in [0.1, 0.15) is 5.82 Å². The van der Waals surface area contributed by atoms with Crippen LogP contribution in [-0.4, -0.2) is 0 Å². The average Bonchev–Trinajstić information content (AvgIpc) is 2.00. The van der Waals surface area contributed by atoms with Crippen LogP contribution in [0, 0.1) is 31.0 Å². The largest absolute Gasteiger partial charge is 0.207 e. The number of aryl methyl sites for hydroxylation is 1. The summed E-state index contributed by atoms with van der Waals surface area (Å²) in [5.41, 5.74) is 2.70. The highest BCUT2D eigenvalue weighted by molar-refractivity contribution is 5.35. The maximum atomic E-state index is 12.8. The number of benzene rings is 1. The number of rotatable bonds is 1. The molecule has 0 saturated heterocycles. The summed E-state index contributed by atoms with van der Waals surface area (Å²) < 4.78 is 12.8. The van der Waals surface area contributed by atoms with Crippen LogP contribution >= 0.6 is 0 Å². The number of hydrogen-bond acceptors (Lipinski definition) is 1. The lowest BCUT2D eigenvalue weighted by Crippen LogP contribution is -1.92. The van der Waals surface area contributed by atoms with Crippen LogP contribution < -0.4 is 0 Å². The van der Waals surface area contributed by atoms with Crippen molar-refractivity contribution in [3.8, 4) is 6.07 Å². The quantitative estimate of drug-likeness (QED) is 0.624. The van der Waals surface area contributed by atoms with Gasteiger partial charge in [0.05, 0.1) is 12.5 Å². The van der Waals surface area contributed by atoms with Crippen molar-refractivity contribution in [2.45, 2.75) is 20.3 Å². The summed E-state index contributed by atoms with van der Waals surface area (Å²) in [4.78, 5) is 0. The Labute approximate surface area is 71.4 Å². The van der Waals surface area contributed by atoms with Crippen molar-refractivity contribution in [3.05, 3.63) is 34.6 Å². The van der Waals surface area contributed by atoms with Gasteiger partial charge in [-0.05, 0) is 42.7 Å². The molecule has 0 fully saturated rings. The van der Waals surface area contributed by atoms with E-state index in [1.165, 1.54) is 12.1 Å². The van der Waals surface area contributed by atoms with Gasteiger partial charge >= 0.3 is 0 Å². The summed E-state index contributed by atoms with van der Waals surface area (Å²) in [7, 11) is 0. The van der Waals surface area contributed by atoms with Crippen LogP contribution in [0.1, 0.15) is 16.7 Å². The standard InChI is InChI=1S/C10H10FN/c1-7-5-10(11)6-9(3-4-12)8(7)2/h5-6H,3H2,1-2H3. The zero-order valence-corrected chi connectivity index (χ0v) is 7.19. The number of halogens is 1. The Morgan fingerprint density at radius 3 is 2.67 bits per heavy atom. The van der Waals surface area contributed by atoms with Crippen LogP contribution in [0.3, 0.4) is 0 Å². The molecule has 1 nitrogen and oxygen atoms in total. The third kappa shape index (κ3) is 1.62. The van der Waals surface area contributed by atoms with Crippen LogP contribution in [0.2, 0.25) is 0 Å². The van der Waals surface area contributed by atoms with E-state index < -0.39 is 0 Å². The average molecular weight is 163 g/mol. The molecule has 0 N–H and O–H groups in total. The van der Waals surface area contributed by atoms with Crippen molar-refractivity contribution < 1.29 is 4.39 Å². The molecule has 0 heterocycles. The van der Waals surface area contributed by atoms with E-state index in [0.29, 0.717) is 0 Å². The first-order valence-corrected chi connectivity index (χ1v) is 3.77. The van der Waals surface area contributed by atoms with Crippen molar-refractivity contribution >= 4 is 0 Å². The molecule has 1 rings (SSSR count). The summed E-state index contributed by atoms with van der Waals surface area (Å²) in [6, 6.07) is 4.92. The molecule has 0 amide bonds. The predicted octanol–water partition coefficient (Wildman–Crippen LogP) is 2.51. The smallest absolute Gasteiger partial charge is 0.123 e. The Morgan fingerprint density at radius 2 is 2.08 bits per heavy atom. The maximum absolute atomic E-state index is 12.8. The Bertz CT molecular complexity index is 336. The number of nitrogens with zero attached hydrogens (tertiary/aromatic N) is 1. The van der Waals surface area contributed by atoms with E-state index in [4.69, 9.17) is 5.26 Å². The lowest BCUT2D eigenvalue weighted by atomic mass is 10.0. The van der Waals surface area contributed by atoms with Gasteiger partial charge in [-0.15, -0.1) is 0 Å². The van der Waals surface area contributed by atoms with Crippen molar-refractivity contribution in [2.75, 3.05) is 0 Å². The van der Waals surface area contributed by atoms with Crippen LogP contribution in [-0.2, 0) is 6.42 Å². The molecule has 0 spiro atoms. The molecule has 0 radical (unpaired) electrons. The van der Waals surface area contributed by atoms with Crippen molar-refractivity contribution in [3.63, 3.8) is 0 Å². The molecule has 0 aromatic heterocycles. The molecule has 0 unspecified atom stereocenters. The summed E-state index contributed by atoms with van der Waals surface area (Å²) >= 11 is 0. The molecular formula is C10H10FN. The summed E-state index contributed by atoms with van der Waals surface area (Å²) in [6.45, 7) is 3.75. The van der Waals surface area contributed by atoms with Crippen LogP contribution in [0.25, 0.3) is 0 Å². The van der Waals surface area contributed by atoms with E-state index in [1.807, 2.05) is 19.9 Å².